The van der Waals surface area contributed by atoms with Gasteiger partial charge in [0.25, 0.3) is 0 Å². The molecule has 0 aliphatic heterocycles. The van der Waals surface area contributed by atoms with Crippen LogP contribution in [0.2, 0.25) is 0 Å². The molecular weight excluding hydrogens is 268 g/mol. The van der Waals surface area contributed by atoms with E-state index in [0.717, 1.165) is 5.56 Å². The van der Waals surface area contributed by atoms with Crippen molar-refractivity contribution in [3.63, 3.8) is 0 Å². The largest absolute Gasteiger partial charge is 0.478 e. The lowest BCUT2D eigenvalue weighted by molar-refractivity contribution is 0.0697. The third-order valence-electron chi connectivity index (χ3n) is 3.02. The van der Waals surface area contributed by atoms with Gasteiger partial charge in [-0.3, -0.25) is 0 Å². The Bertz CT molecular complexity index is 722. The number of aromatic carboxylic acids is 1. The molecule has 2 rings (SSSR count). The van der Waals surface area contributed by atoms with E-state index in [1.54, 1.807) is 42.4 Å². The molecule has 106 valence electrons. The summed E-state index contributed by atoms with van der Waals surface area (Å²) in [6, 6.07) is 10.2. The molecule has 3 N–H and O–H groups in total. The highest BCUT2D eigenvalue weighted by atomic mass is 16.4. The molecule has 1 heterocycles. The van der Waals surface area contributed by atoms with E-state index >= 15 is 0 Å². The zero-order chi connectivity index (χ0) is 15.4. The van der Waals surface area contributed by atoms with Crippen molar-refractivity contribution in [3.8, 4) is 6.07 Å². The molecular formula is C15H14N4O2. The Kier molecular flexibility index (Phi) is 4.05. The van der Waals surface area contributed by atoms with Gasteiger partial charge in [0.2, 0.25) is 0 Å². The van der Waals surface area contributed by atoms with Crippen molar-refractivity contribution in [1.29, 1.82) is 5.26 Å². The molecule has 0 saturated heterocycles. The summed E-state index contributed by atoms with van der Waals surface area (Å²) in [5.41, 5.74) is 7.94. The number of rotatable bonds is 4. The standard InChI is InChI=1S/C15H14N4O2/c1-19(9-10-4-5-18-12(6-10)8-16)14-3-2-11(17)7-13(14)15(20)21/h2-7H,9,17H2,1H3,(H,20,21). The fourth-order valence-electron chi connectivity index (χ4n) is 2.05. The van der Waals surface area contributed by atoms with Gasteiger partial charge < -0.3 is 15.7 Å². The second kappa shape index (κ2) is 5.92. The van der Waals surface area contributed by atoms with Crippen LogP contribution in [-0.2, 0) is 6.54 Å². The van der Waals surface area contributed by atoms with Crippen LogP contribution in [0.25, 0.3) is 0 Å². The minimum Gasteiger partial charge on any atom is -0.478 e. The fourth-order valence-corrected chi connectivity index (χ4v) is 2.05. The first-order valence-corrected chi connectivity index (χ1v) is 6.20. The molecule has 0 amide bonds. The molecule has 0 aliphatic carbocycles. The number of aromatic nitrogens is 1. The number of carboxylic acid groups (broad SMARTS) is 1. The molecule has 2 aromatic rings. The third kappa shape index (κ3) is 3.28. The van der Waals surface area contributed by atoms with Gasteiger partial charge in [-0.2, -0.15) is 5.26 Å². The fraction of sp³-hybridized carbons (Fsp3) is 0.133. The van der Waals surface area contributed by atoms with Crippen molar-refractivity contribution in [2.75, 3.05) is 17.7 Å². The summed E-state index contributed by atoms with van der Waals surface area (Å²) in [5, 5.41) is 18.1. The van der Waals surface area contributed by atoms with Crippen LogP contribution in [-0.4, -0.2) is 23.1 Å². The molecule has 6 heteroatoms. The Morgan fingerprint density at radius 3 is 2.86 bits per heavy atom. The summed E-state index contributed by atoms with van der Waals surface area (Å²) < 4.78 is 0. The minimum atomic E-state index is -1.03. The van der Waals surface area contributed by atoms with Gasteiger partial charge in [0, 0.05) is 25.5 Å². The van der Waals surface area contributed by atoms with E-state index < -0.39 is 5.97 Å². The van der Waals surface area contributed by atoms with Crippen molar-refractivity contribution in [2.45, 2.75) is 6.54 Å². The number of nitrogens with two attached hydrogens (primary N) is 1. The van der Waals surface area contributed by atoms with Crippen molar-refractivity contribution in [1.82, 2.24) is 4.98 Å². The molecule has 0 spiro atoms. The summed E-state index contributed by atoms with van der Waals surface area (Å²) >= 11 is 0. The maximum atomic E-state index is 11.3. The number of hydrogen-bond donors (Lipinski definition) is 2. The average molecular weight is 282 g/mol. The van der Waals surface area contributed by atoms with E-state index in [-0.39, 0.29) is 5.56 Å². The van der Waals surface area contributed by atoms with Gasteiger partial charge in [-0.25, -0.2) is 9.78 Å². The lowest BCUT2D eigenvalue weighted by atomic mass is 10.1. The van der Waals surface area contributed by atoms with Gasteiger partial charge in [-0.15, -0.1) is 0 Å². The van der Waals surface area contributed by atoms with Crippen molar-refractivity contribution < 1.29 is 9.90 Å². The number of pyridine rings is 1. The van der Waals surface area contributed by atoms with E-state index in [9.17, 15) is 9.90 Å². The summed E-state index contributed by atoms with van der Waals surface area (Å²) in [7, 11) is 1.78. The van der Waals surface area contributed by atoms with Crippen LogP contribution < -0.4 is 10.6 Å². The first-order valence-electron chi connectivity index (χ1n) is 6.20. The lowest BCUT2D eigenvalue weighted by Crippen LogP contribution is -2.19. The number of nitriles is 1. The van der Waals surface area contributed by atoms with Gasteiger partial charge in [-0.05, 0) is 35.9 Å². The first kappa shape index (κ1) is 14.3. The molecule has 6 nitrogen and oxygen atoms in total. The highest BCUT2D eigenvalue weighted by molar-refractivity contribution is 5.95. The molecule has 1 aromatic heterocycles. The number of benzene rings is 1. The number of hydrogen-bond acceptors (Lipinski definition) is 5. The summed E-state index contributed by atoms with van der Waals surface area (Å²) in [6.07, 6.45) is 1.56. The van der Waals surface area contributed by atoms with Crippen LogP contribution in [0.15, 0.2) is 36.5 Å². The smallest absolute Gasteiger partial charge is 0.337 e. The van der Waals surface area contributed by atoms with Gasteiger partial charge in [0.05, 0.1) is 11.3 Å². The number of anilines is 2. The second-order valence-corrected chi connectivity index (χ2v) is 4.60. The van der Waals surface area contributed by atoms with Crippen molar-refractivity contribution >= 4 is 17.3 Å². The van der Waals surface area contributed by atoms with Gasteiger partial charge >= 0.3 is 5.97 Å². The summed E-state index contributed by atoms with van der Waals surface area (Å²) in [6.45, 7) is 0.460. The maximum Gasteiger partial charge on any atom is 0.337 e. The molecule has 0 atom stereocenters. The van der Waals surface area contributed by atoms with Crippen LogP contribution in [0.5, 0.6) is 0 Å². The Labute approximate surface area is 122 Å². The quantitative estimate of drug-likeness (QED) is 0.830. The van der Waals surface area contributed by atoms with Gasteiger partial charge in [0.1, 0.15) is 11.8 Å². The van der Waals surface area contributed by atoms with E-state index in [1.807, 2.05) is 6.07 Å². The molecule has 0 bridgehead atoms. The SMILES string of the molecule is CN(Cc1ccnc(C#N)c1)c1ccc(N)cc1C(=O)O. The lowest BCUT2D eigenvalue weighted by Gasteiger charge is -2.21. The van der Waals surface area contributed by atoms with Crippen molar-refractivity contribution in [2.24, 2.45) is 0 Å². The highest BCUT2D eigenvalue weighted by Gasteiger charge is 2.14. The number of carboxylic acids is 1. The van der Waals surface area contributed by atoms with E-state index in [4.69, 9.17) is 11.0 Å². The molecule has 0 fully saturated rings. The Balaban J connectivity index is 2.30. The number of carbonyl (C=O) groups is 1. The zero-order valence-electron chi connectivity index (χ0n) is 11.4. The first-order chi connectivity index (χ1) is 10.0. The predicted molar refractivity (Wildman–Crippen MR) is 78.9 cm³/mol. The van der Waals surface area contributed by atoms with E-state index in [0.29, 0.717) is 23.6 Å². The van der Waals surface area contributed by atoms with Crippen LogP contribution in [0.4, 0.5) is 11.4 Å². The molecule has 0 unspecified atom stereocenters. The molecule has 0 aliphatic rings. The van der Waals surface area contributed by atoms with E-state index in [1.165, 1.54) is 6.07 Å². The Morgan fingerprint density at radius 2 is 2.19 bits per heavy atom. The Morgan fingerprint density at radius 1 is 1.43 bits per heavy atom. The third-order valence-corrected chi connectivity index (χ3v) is 3.02. The second-order valence-electron chi connectivity index (χ2n) is 4.60. The number of nitrogens with zero attached hydrogens (tertiary/aromatic N) is 3. The topological polar surface area (TPSA) is 103 Å². The van der Waals surface area contributed by atoms with Crippen LogP contribution in [0, 0.1) is 11.3 Å². The van der Waals surface area contributed by atoms with E-state index in [2.05, 4.69) is 4.98 Å². The highest BCUT2D eigenvalue weighted by Crippen LogP contribution is 2.23. The molecule has 1 aromatic carbocycles. The molecule has 0 saturated carbocycles. The van der Waals surface area contributed by atoms with Crippen LogP contribution in [0.1, 0.15) is 21.6 Å². The molecule has 0 radical (unpaired) electrons. The zero-order valence-corrected chi connectivity index (χ0v) is 11.4. The average Bonchev–Trinajstić information content (AvgIpc) is 2.47. The van der Waals surface area contributed by atoms with Crippen LogP contribution in [0.3, 0.4) is 0 Å². The maximum absolute atomic E-state index is 11.3. The predicted octanol–water partition coefficient (Wildman–Crippen LogP) is 1.87. The monoisotopic (exact) mass is 282 g/mol. The van der Waals surface area contributed by atoms with Crippen LogP contribution >= 0.6 is 0 Å². The Hall–Kier alpha value is -3.07. The summed E-state index contributed by atoms with van der Waals surface area (Å²) in [4.78, 5) is 17.0. The normalized spacial score (nSPS) is 9.90. The minimum absolute atomic E-state index is 0.145. The van der Waals surface area contributed by atoms with Gasteiger partial charge in [-0.1, -0.05) is 0 Å². The van der Waals surface area contributed by atoms with Gasteiger partial charge in [0.15, 0.2) is 0 Å². The molecule has 21 heavy (non-hydrogen) atoms. The van der Waals surface area contributed by atoms with Crippen molar-refractivity contribution in [3.05, 3.63) is 53.3 Å². The number of nitrogen functional groups attached to an aromatic ring is 1. The summed E-state index contributed by atoms with van der Waals surface area (Å²) in [5.74, 6) is -1.03.